The number of hydrogen-bond acceptors (Lipinski definition) is 7. The molecule has 31 heavy (non-hydrogen) atoms. The molecule has 1 amide bonds. The molecule has 0 atom stereocenters. The Morgan fingerprint density at radius 2 is 2.00 bits per heavy atom. The first-order valence-electron chi connectivity index (χ1n) is 9.41. The molecule has 0 aliphatic carbocycles. The van der Waals surface area contributed by atoms with Gasteiger partial charge >= 0.3 is 5.69 Å². The van der Waals surface area contributed by atoms with Gasteiger partial charge in [-0.05, 0) is 60.9 Å². The molecule has 1 heterocycles. The van der Waals surface area contributed by atoms with Gasteiger partial charge in [0.1, 0.15) is 5.75 Å². The molecular weight excluding hydrogens is 398 g/mol. The van der Waals surface area contributed by atoms with Crippen LogP contribution in [-0.2, 0) is 4.79 Å². The van der Waals surface area contributed by atoms with E-state index in [0.717, 1.165) is 11.1 Å². The number of hydrogen-bond donors (Lipinski definition) is 2. The number of amides is 1. The molecule has 1 aromatic heterocycles. The van der Waals surface area contributed by atoms with Gasteiger partial charge in [-0.1, -0.05) is 18.2 Å². The summed E-state index contributed by atoms with van der Waals surface area (Å²) in [6.45, 7) is 3.84. The highest BCUT2D eigenvalue weighted by Gasteiger charge is 2.12. The Balaban J connectivity index is 1.56. The predicted octanol–water partition coefficient (Wildman–Crippen LogP) is 4.07. The van der Waals surface area contributed by atoms with Gasteiger partial charge in [0.15, 0.2) is 6.61 Å². The Morgan fingerprint density at radius 3 is 2.77 bits per heavy atom. The average molecular weight is 419 g/mol. The first kappa shape index (κ1) is 21.4. The lowest BCUT2D eigenvalue weighted by Gasteiger charge is -2.09. The molecule has 3 rings (SSSR count). The van der Waals surface area contributed by atoms with E-state index in [4.69, 9.17) is 4.74 Å². The van der Waals surface area contributed by atoms with E-state index >= 15 is 0 Å². The summed E-state index contributed by atoms with van der Waals surface area (Å²) >= 11 is 0. The van der Waals surface area contributed by atoms with Gasteiger partial charge < -0.3 is 10.1 Å². The van der Waals surface area contributed by atoms with E-state index in [0.29, 0.717) is 17.0 Å². The lowest BCUT2D eigenvalue weighted by Crippen LogP contribution is -2.20. The van der Waals surface area contributed by atoms with E-state index < -0.39 is 4.92 Å². The lowest BCUT2D eigenvalue weighted by molar-refractivity contribution is -0.384. The predicted molar refractivity (Wildman–Crippen MR) is 119 cm³/mol. The molecule has 2 N–H and O–H groups in total. The van der Waals surface area contributed by atoms with Crippen molar-refractivity contribution in [1.82, 2.24) is 4.98 Å². The summed E-state index contributed by atoms with van der Waals surface area (Å²) in [5.74, 6) is 0.258. The first-order chi connectivity index (χ1) is 14.9. The van der Waals surface area contributed by atoms with Crippen molar-refractivity contribution in [3.8, 4) is 5.75 Å². The third-order valence-electron chi connectivity index (χ3n) is 4.39. The fraction of sp³-hybridized carbons (Fsp3) is 0.136. The molecule has 0 saturated heterocycles. The number of ether oxygens (including phenoxy) is 1. The zero-order valence-electron chi connectivity index (χ0n) is 17.0. The average Bonchev–Trinajstić information content (AvgIpc) is 2.75. The van der Waals surface area contributed by atoms with Crippen LogP contribution in [0.4, 0.5) is 17.2 Å². The molecule has 0 fully saturated rings. The van der Waals surface area contributed by atoms with Crippen molar-refractivity contribution in [2.75, 3.05) is 17.3 Å². The van der Waals surface area contributed by atoms with Gasteiger partial charge in [-0.25, -0.2) is 4.98 Å². The van der Waals surface area contributed by atoms with E-state index in [1.165, 1.54) is 24.5 Å². The zero-order valence-corrected chi connectivity index (χ0v) is 17.0. The Kier molecular flexibility index (Phi) is 6.89. The number of rotatable bonds is 8. The molecule has 0 spiro atoms. The van der Waals surface area contributed by atoms with Gasteiger partial charge in [-0.3, -0.25) is 20.3 Å². The minimum Gasteiger partial charge on any atom is -0.484 e. The SMILES string of the molecule is Cc1ccc(NC(=O)COc2cccc(/C=N\Nc3ncccc3[N+](=O)[O-])c2)cc1C. The van der Waals surface area contributed by atoms with E-state index in [-0.39, 0.29) is 24.0 Å². The fourth-order valence-corrected chi connectivity index (χ4v) is 2.65. The molecule has 9 heteroatoms. The van der Waals surface area contributed by atoms with Crippen LogP contribution >= 0.6 is 0 Å². The quantitative estimate of drug-likeness (QED) is 0.323. The highest BCUT2D eigenvalue weighted by atomic mass is 16.6. The molecule has 0 aliphatic heterocycles. The summed E-state index contributed by atoms with van der Waals surface area (Å²) < 4.78 is 5.55. The van der Waals surface area contributed by atoms with E-state index in [9.17, 15) is 14.9 Å². The Hall–Kier alpha value is -4.27. The van der Waals surface area contributed by atoms with Gasteiger partial charge in [0.25, 0.3) is 5.91 Å². The summed E-state index contributed by atoms with van der Waals surface area (Å²) in [5.41, 5.74) is 6.03. The van der Waals surface area contributed by atoms with Crippen LogP contribution in [0.3, 0.4) is 0 Å². The number of benzene rings is 2. The van der Waals surface area contributed by atoms with Crippen molar-refractivity contribution >= 4 is 29.3 Å². The van der Waals surface area contributed by atoms with Crippen LogP contribution in [0, 0.1) is 24.0 Å². The summed E-state index contributed by atoms with van der Waals surface area (Å²) in [6.07, 6.45) is 2.91. The molecule has 0 aliphatic rings. The number of carbonyl (C=O) groups excluding carboxylic acids is 1. The number of pyridine rings is 1. The fourth-order valence-electron chi connectivity index (χ4n) is 2.65. The number of carbonyl (C=O) groups is 1. The normalized spacial score (nSPS) is 10.6. The number of anilines is 2. The van der Waals surface area contributed by atoms with Crippen LogP contribution in [-0.4, -0.2) is 28.6 Å². The second kappa shape index (κ2) is 9.97. The lowest BCUT2D eigenvalue weighted by atomic mass is 10.1. The largest absolute Gasteiger partial charge is 0.484 e. The zero-order chi connectivity index (χ0) is 22.2. The number of nitrogens with zero attached hydrogens (tertiary/aromatic N) is 3. The Morgan fingerprint density at radius 1 is 1.16 bits per heavy atom. The summed E-state index contributed by atoms with van der Waals surface area (Å²) in [7, 11) is 0. The maximum absolute atomic E-state index is 12.1. The minimum absolute atomic E-state index is 0.0409. The summed E-state index contributed by atoms with van der Waals surface area (Å²) in [6, 6.07) is 15.5. The van der Waals surface area contributed by atoms with Gasteiger partial charge in [-0.15, -0.1) is 0 Å². The van der Waals surface area contributed by atoms with E-state index in [1.807, 2.05) is 32.0 Å². The van der Waals surface area contributed by atoms with Crippen molar-refractivity contribution < 1.29 is 14.5 Å². The van der Waals surface area contributed by atoms with Crippen molar-refractivity contribution in [3.05, 3.63) is 87.6 Å². The third kappa shape index (κ3) is 6.10. The van der Waals surface area contributed by atoms with Crippen molar-refractivity contribution in [2.24, 2.45) is 5.10 Å². The molecule has 0 saturated carbocycles. The molecule has 9 nitrogen and oxygen atoms in total. The molecule has 0 bridgehead atoms. The number of nitro groups is 1. The summed E-state index contributed by atoms with van der Waals surface area (Å²) in [4.78, 5) is 26.5. The molecule has 158 valence electrons. The highest BCUT2D eigenvalue weighted by molar-refractivity contribution is 5.92. The van der Waals surface area contributed by atoms with Crippen LogP contribution in [0.25, 0.3) is 0 Å². The van der Waals surface area contributed by atoms with Crippen LogP contribution < -0.4 is 15.5 Å². The molecule has 0 unspecified atom stereocenters. The van der Waals surface area contributed by atoms with Crippen molar-refractivity contribution in [1.29, 1.82) is 0 Å². The van der Waals surface area contributed by atoms with Crippen LogP contribution in [0.5, 0.6) is 5.75 Å². The molecular formula is C22H21N5O4. The third-order valence-corrected chi connectivity index (χ3v) is 4.39. The topological polar surface area (TPSA) is 119 Å². The van der Waals surface area contributed by atoms with Crippen LogP contribution in [0.1, 0.15) is 16.7 Å². The second-order valence-electron chi connectivity index (χ2n) is 6.71. The first-order valence-corrected chi connectivity index (χ1v) is 9.41. The Labute approximate surface area is 178 Å². The van der Waals surface area contributed by atoms with Crippen molar-refractivity contribution in [2.45, 2.75) is 13.8 Å². The number of aromatic nitrogens is 1. The molecule has 2 aromatic carbocycles. The second-order valence-corrected chi connectivity index (χ2v) is 6.71. The number of hydrazone groups is 1. The van der Waals surface area contributed by atoms with Crippen LogP contribution in [0.2, 0.25) is 0 Å². The standard InChI is InChI=1S/C22H21N5O4/c1-15-8-9-18(11-16(15)2)25-21(28)14-31-19-6-3-5-17(12-19)13-24-26-22-20(27(29)30)7-4-10-23-22/h3-13H,14H2,1-2H3,(H,23,26)(H,25,28)/b24-13-. The van der Waals surface area contributed by atoms with Crippen molar-refractivity contribution in [3.63, 3.8) is 0 Å². The number of aryl methyl sites for hydroxylation is 2. The highest BCUT2D eigenvalue weighted by Crippen LogP contribution is 2.20. The monoisotopic (exact) mass is 419 g/mol. The Bertz CT molecular complexity index is 1130. The van der Waals surface area contributed by atoms with Gasteiger partial charge in [0.2, 0.25) is 5.82 Å². The summed E-state index contributed by atoms with van der Waals surface area (Å²) in [5, 5.41) is 17.8. The van der Waals surface area contributed by atoms with Gasteiger partial charge in [-0.2, -0.15) is 5.10 Å². The molecule has 0 radical (unpaired) electrons. The maximum Gasteiger partial charge on any atom is 0.313 e. The molecule has 3 aromatic rings. The van der Waals surface area contributed by atoms with E-state index in [2.05, 4.69) is 20.8 Å². The van der Waals surface area contributed by atoms with Crippen LogP contribution in [0.15, 0.2) is 65.9 Å². The maximum atomic E-state index is 12.1. The smallest absolute Gasteiger partial charge is 0.313 e. The van der Waals surface area contributed by atoms with E-state index in [1.54, 1.807) is 24.3 Å². The number of nitrogens with one attached hydrogen (secondary N) is 2. The minimum atomic E-state index is -0.539. The van der Waals surface area contributed by atoms with Gasteiger partial charge in [0.05, 0.1) is 11.1 Å². The van der Waals surface area contributed by atoms with Gasteiger partial charge in [0, 0.05) is 18.0 Å².